The fraction of sp³-hybridized carbons (Fsp3) is 0.333. The number of fused-ring (bicyclic) bond motifs is 3. The minimum atomic E-state index is 1.01. The van der Waals surface area contributed by atoms with Gasteiger partial charge in [-0.25, -0.2) is 0 Å². The predicted octanol–water partition coefficient (Wildman–Crippen LogP) is 2.12. The quantitative estimate of drug-likeness (QED) is 0.648. The molecule has 2 N–H and O–H groups in total. The van der Waals surface area contributed by atoms with Crippen LogP contribution in [-0.4, -0.2) is 11.5 Å². The Hall–Kier alpha value is -1.28. The zero-order chi connectivity index (χ0) is 9.54. The largest absolute Gasteiger partial charge is 0.358 e. The van der Waals surface area contributed by atoms with Gasteiger partial charge in [-0.2, -0.15) is 0 Å². The molecule has 0 unspecified atom stereocenters. The van der Waals surface area contributed by atoms with Crippen LogP contribution in [0.25, 0.3) is 10.9 Å². The molecule has 1 aromatic carbocycles. The van der Waals surface area contributed by atoms with Gasteiger partial charge in [0.2, 0.25) is 0 Å². The lowest BCUT2D eigenvalue weighted by atomic mass is 10.1. The highest BCUT2D eigenvalue weighted by atomic mass is 14.9. The number of nitrogens with one attached hydrogen (secondary N) is 2. The van der Waals surface area contributed by atoms with E-state index in [9.17, 15) is 0 Å². The summed E-state index contributed by atoms with van der Waals surface area (Å²) in [6.07, 6.45) is 1.13. The number of rotatable bonds is 0. The molecule has 0 amide bonds. The van der Waals surface area contributed by atoms with Crippen LogP contribution in [0.15, 0.2) is 18.2 Å². The minimum Gasteiger partial charge on any atom is -0.358 e. The van der Waals surface area contributed by atoms with Crippen LogP contribution < -0.4 is 5.32 Å². The normalized spacial score (nSPS) is 15.8. The van der Waals surface area contributed by atoms with Crippen LogP contribution in [0.4, 0.5) is 0 Å². The summed E-state index contributed by atoms with van der Waals surface area (Å²) in [5.74, 6) is 0. The number of hydrogen-bond acceptors (Lipinski definition) is 1. The molecule has 2 heterocycles. The number of aryl methyl sites for hydroxylation is 1. The number of benzene rings is 1. The van der Waals surface area contributed by atoms with Crippen molar-refractivity contribution in [2.45, 2.75) is 19.9 Å². The summed E-state index contributed by atoms with van der Waals surface area (Å²) < 4.78 is 0. The third-order valence-corrected chi connectivity index (χ3v) is 3.09. The van der Waals surface area contributed by atoms with Crippen molar-refractivity contribution in [2.75, 3.05) is 6.54 Å². The average Bonchev–Trinajstić information content (AvgIpc) is 2.59. The Kier molecular flexibility index (Phi) is 1.64. The third-order valence-electron chi connectivity index (χ3n) is 3.09. The highest BCUT2D eigenvalue weighted by Gasteiger charge is 2.14. The highest BCUT2D eigenvalue weighted by Crippen LogP contribution is 2.26. The standard InChI is InChI=1S/C12H14N2/c1-8-3-2-4-9-10-7-13-6-5-11(10)14-12(8)9/h2-4,13-14H,5-7H2,1H3. The number of para-hydroxylation sites is 1. The van der Waals surface area contributed by atoms with Gasteiger partial charge in [0.15, 0.2) is 0 Å². The van der Waals surface area contributed by atoms with Crippen molar-refractivity contribution in [1.82, 2.24) is 10.3 Å². The lowest BCUT2D eigenvalue weighted by Gasteiger charge is -2.12. The van der Waals surface area contributed by atoms with Gasteiger partial charge >= 0.3 is 0 Å². The first kappa shape index (κ1) is 8.06. The molecule has 0 bridgehead atoms. The molecule has 0 saturated heterocycles. The van der Waals surface area contributed by atoms with Gasteiger partial charge in [0, 0.05) is 36.1 Å². The van der Waals surface area contributed by atoms with Crippen LogP contribution in [-0.2, 0) is 13.0 Å². The van der Waals surface area contributed by atoms with Gasteiger partial charge in [-0.05, 0) is 18.1 Å². The first-order chi connectivity index (χ1) is 6.86. The van der Waals surface area contributed by atoms with E-state index in [1.165, 1.54) is 27.7 Å². The van der Waals surface area contributed by atoms with Crippen LogP contribution in [0.2, 0.25) is 0 Å². The van der Waals surface area contributed by atoms with E-state index < -0.39 is 0 Å². The van der Waals surface area contributed by atoms with Crippen LogP contribution in [0.5, 0.6) is 0 Å². The Bertz CT molecular complexity index is 482. The molecule has 0 fully saturated rings. The zero-order valence-electron chi connectivity index (χ0n) is 8.35. The second-order valence-corrected chi connectivity index (χ2v) is 4.01. The van der Waals surface area contributed by atoms with E-state index in [1.54, 1.807) is 0 Å². The number of aromatic nitrogens is 1. The maximum Gasteiger partial charge on any atom is 0.0489 e. The number of H-pyrrole nitrogens is 1. The Morgan fingerprint density at radius 2 is 2.21 bits per heavy atom. The summed E-state index contributed by atoms with van der Waals surface area (Å²) in [5.41, 5.74) is 5.56. The van der Waals surface area contributed by atoms with Crippen molar-refractivity contribution in [3.05, 3.63) is 35.0 Å². The molecule has 72 valence electrons. The molecule has 0 saturated carbocycles. The van der Waals surface area contributed by atoms with Gasteiger partial charge < -0.3 is 10.3 Å². The molecule has 2 nitrogen and oxygen atoms in total. The summed E-state index contributed by atoms with van der Waals surface area (Å²) in [6.45, 7) is 4.27. The lowest BCUT2D eigenvalue weighted by molar-refractivity contribution is 0.641. The molecule has 2 heteroatoms. The monoisotopic (exact) mass is 186 g/mol. The first-order valence-electron chi connectivity index (χ1n) is 5.16. The number of aromatic amines is 1. The predicted molar refractivity (Wildman–Crippen MR) is 58.4 cm³/mol. The van der Waals surface area contributed by atoms with Crippen molar-refractivity contribution in [2.24, 2.45) is 0 Å². The minimum absolute atomic E-state index is 1.01. The summed E-state index contributed by atoms with van der Waals surface area (Å²) in [4.78, 5) is 3.54. The zero-order valence-corrected chi connectivity index (χ0v) is 8.35. The van der Waals surface area contributed by atoms with E-state index in [1.807, 2.05) is 0 Å². The van der Waals surface area contributed by atoms with E-state index in [-0.39, 0.29) is 0 Å². The fourth-order valence-corrected chi connectivity index (χ4v) is 2.32. The molecule has 14 heavy (non-hydrogen) atoms. The van der Waals surface area contributed by atoms with E-state index in [0.29, 0.717) is 0 Å². The van der Waals surface area contributed by atoms with Crippen molar-refractivity contribution < 1.29 is 0 Å². The molecule has 0 spiro atoms. The lowest BCUT2D eigenvalue weighted by Crippen LogP contribution is -2.22. The number of hydrogen-bond donors (Lipinski definition) is 2. The summed E-state index contributed by atoms with van der Waals surface area (Å²) in [5, 5.41) is 4.81. The van der Waals surface area contributed by atoms with Crippen LogP contribution in [0.1, 0.15) is 16.8 Å². The van der Waals surface area contributed by atoms with Gasteiger partial charge in [0.25, 0.3) is 0 Å². The van der Waals surface area contributed by atoms with Gasteiger partial charge in [-0.1, -0.05) is 18.2 Å². The SMILES string of the molecule is Cc1cccc2c3c([nH]c12)CCNC3. The maximum absolute atomic E-state index is 3.54. The molecule has 0 atom stereocenters. The Morgan fingerprint density at radius 1 is 1.29 bits per heavy atom. The molecule has 1 aromatic heterocycles. The van der Waals surface area contributed by atoms with Crippen molar-refractivity contribution in [1.29, 1.82) is 0 Å². The molecule has 3 rings (SSSR count). The van der Waals surface area contributed by atoms with E-state index in [2.05, 4.69) is 35.4 Å². The van der Waals surface area contributed by atoms with Gasteiger partial charge in [0.1, 0.15) is 0 Å². The Labute approximate surface area is 83.3 Å². The Balaban J connectivity index is 2.36. The van der Waals surface area contributed by atoms with Crippen molar-refractivity contribution in [3.8, 4) is 0 Å². The average molecular weight is 186 g/mol. The Morgan fingerprint density at radius 3 is 3.14 bits per heavy atom. The molecular weight excluding hydrogens is 172 g/mol. The maximum atomic E-state index is 3.54. The van der Waals surface area contributed by atoms with Gasteiger partial charge in [-0.15, -0.1) is 0 Å². The van der Waals surface area contributed by atoms with E-state index in [0.717, 1.165) is 19.5 Å². The second-order valence-electron chi connectivity index (χ2n) is 4.01. The van der Waals surface area contributed by atoms with E-state index >= 15 is 0 Å². The van der Waals surface area contributed by atoms with Crippen LogP contribution >= 0.6 is 0 Å². The molecule has 1 aliphatic heterocycles. The molecule has 1 aliphatic rings. The molecule has 0 radical (unpaired) electrons. The topological polar surface area (TPSA) is 27.8 Å². The first-order valence-corrected chi connectivity index (χ1v) is 5.16. The van der Waals surface area contributed by atoms with E-state index in [4.69, 9.17) is 0 Å². The van der Waals surface area contributed by atoms with Gasteiger partial charge in [0.05, 0.1) is 0 Å². The van der Waals surface area contributed by atoms with Crippen molar-refractivity contribution >= 4 is 10.9 Å². The molecular formula is C12H14N2. The summed E-state index contributed by atoms with van der Waals surface area (Å²) >= 11 is 0. The van der Waals surface area contributed by atoms with Crippen LogP contribution in [0, 0.1) is 6.92 Å². The van der Waals surface area contributed by atoms with Crippen molar-refractivity contribution in [3.63, 3.8) is 0 Å². The van der Waals surface area contributed by atoms with Crippen LogP contribution in [0.3, 0.4) is 0 Å². The second kappa shape index (κ2) is 2.85. The summed E-state index contributed by atoms with van der Waals surface area (Å²) in [6, 6.07) is 6.52. The summed E-state index contributed by atoms with van der Waals surface area (Å²) in [7, 11) is 0. The molecule has 0 aliphatic carbocycles. The fourth-order valence-electron chi connectivity index (χ4n) is 2.32. The molecule has 2 aromatic rings. The van der Waals surface area contributed by atoms with Gasteiger partial charge in [-0.3, -0.25) is 0 Å². The highest BCUT2D eigenvalue weighted by molar-refractivity contribution is 5.87. The smallest absolute Gasteiger partial charge is 0.0489 e. The third kappa shape index (κ3) is 1.01.